The fourth-order valence-corrected chi connectivity index (χ4v) is 2.06. The molecule has 3 nitrogen and oxygen atoms in total. The summed E-state index contributed by atoms with van der Waals surface area (Å²) in [6.45, 7) is 0.313. The molecule has 84 valence electrons. The molecule has 0 aliphatic carbocycles. The minimum Gasteiger partial charge on any atom is -0.335 e. The molecule has 1 aromatic carbocycles. The van der Waals surface area contributed by atoms with Crippen molar-refractivity contribution in [1.82, 2.24) is 9.97 Å². The Morgan fingerprint density at radius 3 is 2.81 bits per heavy atom. The highest BCUT2D eigenvalue weighted by atomic mass is 79.9. The minimum atomic E-state index is -0.448. The number of benzene rings is 1. The van der Waals surface area contributed by atoms with E-state index in [9.17, 15) is 4.39 Å². The average molecular weight is 305 g/mol. The van der Waals surface area contributed by atoms with Gasteiger partial charge in [0.15, 0.2) is 0 Å². The first-order chi connectivity index (χ1) is 7.61. The minimum absolute atomic E-state index is 0.0710. The first-order valence-corrected chi connectivity index (χ1v) is 5.68. The van der Waals surface area contributed by atoms with Crippen molar-refractivity contribution in [2.24, 2.45) is 5.73 Å². The van der Waals surface area contributed by atoms with Crippen LogP contribution >= 0.6 is 27.5 Å². The van der Waals surface area contributed by atoms with Gasteiger partial charge in [0.05, 0.1) is 11.6 Å². The van der Waals surface area contributed by atoms with Crippen molar-refractivity contribution in [3.63, 3.8) is 0 Å². The second-order valence-electron chi connectivity index (χ2n) is 3.18. The number of hydrogen-bond donors (Lipinski definition) is 2. The van der Waals surface area contributed by atoms with Crippen LogP contribution < -0.4 is 5.73 Å². The van der Waals surface area contributed by atoms with Crippen LogP contribution in [0.3, 0.4) is 0 Å². The third kappa shape index (κ3) is 2.11. The Bertz CT molecular complexity index is 527. The zero-order valence-corrected chi connectivity index (χ0v) is 10.4. The normalized spacial score (nSPS) is 10.8. The molecule has 0 bridgehead atoms. The van der Waals surface area contributed by atoms with Crippen LogP contribution in [-0.4, -0.2) is 9.97 Å². The van der Waals surface area contributed by atoms with Crippen LogP contribution in [0, 0.1) is 5.82 Å². The van der Waals surface area contributed by atoms with E-state index in [0.717, 1.165) is 5.56 Å². The van der Waals surface area contributed by atoms with E-state index in [1.807, 2.05) is 0 Å². The maximum absolute atomic E-state index is 13.0. The van der Waals surface area contributed by atoms with Crippen LogP contribution in [0.25, 0.3) is 11.3 Å². The molecular weight excluding hydrogens is 296 g/mol. The molecular formula is C10H8BrClFN3. The van der Waals surface area contributed by atoms with E-state index in [1.54, 1.807) is 6.07 Å². The summed E-state index contributed by atoms with van der Waals surface area (Å²) in [5.41, 5.74) is 6.86. The number of aromatic amines is 1. The molecule has 0 radical (unpaired) electrons. The molecule has 0 aliphatic heterocycles. The van der Waals surface area contributed by atoms with Gasteiger partial charge in [-0.1, -0.05) is 11.6 Å². The Kier molecular flexibility index (Phi) is 3.28. The van der Waals surface area contributed by atoms with Crippen LogP contribution in [0.5, 0.6) is 0 Å². The maximum atomic E-state index is 13.0. The van der Waals surface area contributed by atoms with Crippen LogP contribution in [0.4, 0.5) is 4.39 Å². The van der Waals surface area contributed by atoms with Gasteiger partial charge in [-0.25, -0.2) is 9.37 Å². The van der Waals surface area contributed by atoms with Crippen molar-refractivity contribution in [3.05, 3.63) is 39.5 Å². The lowest BCUT2D eigenvalue weighted by Crippen LogP contribution is -1.97. The summed E-state index contributed by atoms with van der Waals surface area (Å²) in [6.07, 6.45) is 0. The number of halogens is 3. The molecule has 2 rings (SSSR count). The van der Waals surface area contributed by atoms with Crippen molar-refractivity contribution < 1.29 is 4.39 Å². The quantitative estimate of drug-likeness (QED) is 0.896. The van der Waals surface area contributed by atoms with Crippen molar-refractivity contribution in [1.29, 1.82) is 0 Å². The monoisotopic (exact) mass is 303 g/mol. The molecule has 16 heavy (non-hydrogen) atoms. The lowest BCUT2D eigenvalue weighted by molar-refractivity contribution is 0.628. The van der Waals surface area contributed by atoms with Crippen LogP contribution in [0.1, 0.15) is 5.82 Å². The lowest BCUT2D eigenvalue weighted by atomic mass is 10.2. The molecule has 1 heterocycles. The van der Waals surface area contributed by atoms with Crippen LogP contribution in [0.15, 0.2) is 22.8 Å². The molecule has 2 aromatic rings. The van der Waals surface area contributed by atoms with Gasteiger partial charge in [-0.2, -0.15) is 0 Å². The van der Waals surface area contributed by atoms with Crippen LogP contribution in [-0.2, 0) is 6.54 Å². The predicted octanol–water partition coefficient (Wildman–Crippen LogP) is 3.09. The van der Waals surface area contributed by atoms with Gasteiger partial charge in [-0.15, -0.1) is 0 Å². The number of nitrogens with zero attached hydrogens (tertiary/aromatic N) is 1. The summed E-state index contributed by atoms with van der Waals surface area (Å²) >= 11 is 9.03. The molecule has 0 aliphatic rings. The van der Waals surface area contributed by atoms with Gasteiger partial charge in [0.1, 0.15) is 21.9 Å². The number of H-pyrrole nitrogens is 1. The maximum Gasteiger partial charge on any atom is 0.141 e. The van der Waals surface area contributed by atoms with E-state index < -0.39 is 5.82 Å². The number of nitrogens with one attached hydrogen (secondary N) is 1. The summed E-state index contributed by atoms with van der Waals surface area (Å²) in [5, 5.41) is 0.0710. The Morgan fingerprint density at radius 2 is 2.25 bits per heavy atom. The average Bonchev–Trinajstić information content (AvgIpc) is 2.64. The first-order valence-electron chi connectivity index (χ1n) is 4.51. The van der Waals surface area contributed by atoms with E-state index in [-0.39, 0.29) is 5.02 Å². The predicted molar refractivity (Wildman–Crippen MR) is 64.6 cm³/mol. The standard InChI is InChI=1S/C10H8BrClFN3/c11-10-9(15-8(4-14)16-10)5-1-2-7(13)6(12)3-5/h1-3H,4,14H2,(H,15,16). The Morgan fingerprint density at radius 1 is 1.50 bits per heavy atom. The Labute approximate surface area is 105 Å². The van der Waals surface area contributed by atoms with Gasteiger partial charge >= 0.3 is 0 Å². The lowest BCUT2D eigenvalue weighted by Gasteiger charge is -1.99. The summed E-state index contributed by atoms with van der Waals surface area (Å²) in [7, 11) is 0. The van der Waals surface area contributed by atoms with E-state index in [2.05, 4.69) is 25.9 Å². The van der Waals surface area contributed by atoms with Gasteiger partial charge in [0.2, 0.25) is 0 Å². The van der Waals surface area contributed by atoms with E-state index in [4.69, 9.17) is 17.3 Å². The largest absolute Gasteiger partial charge is 0.335 e. The number of nitrogens with two attached hydrogens (primary N) is 1. The number of aromatic nitrogens is 2. The van der Waals surface area contributed by atoms with E-state index in [0.29, 0.717) is 22.7 Å². The van der Waals surface area contributed by atoms with Crippen molar-refractivity contribution in [3.8, 4) is 11.3 Å². The van der Waals surface area contributed by atoms with Gasteiger partial charge in [0, 0.05) is 5.56 Å². The summed E-state index contributed by atoms with van der Waals surface area (Å²) < 4.78 is 13.7. The Hall–Kier alpha value is -0.910. The Balaban J connectivity index is 2.49. The van der Waals surface area contributed by atoms with Crippen molar-refractivity contribution in [2.45, 2.75) is 6.54 Å². The van der Waals surface area contributed by atoms with E-state index in [1.165, 1.54) is 12.1 Å². The van der Waals surface area contributed by atoms with Gasteiger partial charge in [0.25, 0.3) is 0 Å². The van der Waals surface area contributed by atoms with Crippen molar-refractivity contribution in [2.75, 3.05) is 0 Å². The smallest absolute Gasteiger partial charge is 0.141 e. The van der Waals surface area contributed by atoms with Crippen LogP contribution in [0.2, 0.25) is 5.02 Å². The number of hydrogen-bond acceptors (Lipinski definition) is 2. The third-order valence-electron chi connectivity index (χ3n) is 2.10. The van der Waals surface area contributed by atoms with E-state index >= 15 is 0 Å². The van der Waals surface area contributed by atoms with Gasteiger partial charge < -0.3 is 10.7 Å². The molecule has 0 saturated carbocycles. The molecule has 0 spiro atoms. The highest BCUT2D eigenvalue weighted by molar-refractivity contribution is 9.10. The second kappa shape index (κ2) is 4.53. The molecule has 0 amide bonds. The summed E-state index contributed by atoms with van der Waals surface area (Å²) in [5.74, 6) is 0.207. The zero-order valence-electron chi connectivity index (χ0n) is 8.10. The highest BCUT2D eigenvalue weighted by Crippen LogP contribution is 2.28. The molecule has 0 fully saturated rings. The van der Waals surface area contributed by atoms with Gasteiger partial charge in [-0.05, 0) is 34.1 Å². The van der Waals surface area contributed by atoms with Crippen molar-refractivity contribution >= 4 is 27.5 Å². The molecule has 6 heteroatoms. The third-order valence-corrected chi connectivity index (χ3v) is 2.96. The summed E-state index contributed by atoms with van der Waals surface area (Å²) in [6, 6.07) is 4.45. The second-order valence-corrected chi connectivity index (χ2v) is 4.38. The molecule has 0 atom stereocenters. The van der Waals surface area contributed by atoms with Gasteiger partial charge in [-0.3, -0.25) is 0 Å². The first kappa shape index (κ1) is 11.6. The number of imidazole rings is 1. The molecule has 3 N–H and O–H groups in total. The fourth-order valence-electron chi connectivity index (χ4n) is 1.33. The SMILES string of the molecule is NCc1nc(-c2ccc(F)c(Cl)c2)c(Br)[nH]1. The molecule has 1 aromatic heterocycles. The topological polar surface area (TPSA) is 54.7 Å². The molecule has 0 saturated heterocycles. The number of rotatable bonds is 2. The zero-order chi connectivity index (χ0) is 11.7. The fraction of sp³-hybridized carbons (Fsp3) is 0.100. The highest BCUT2D eigenvalue weighted by Gasteiger charge is 2.11. The summed E-state index contributed by atoms with van der Waals surface area (Å²) in [4.78, 5) is 7.23. The molecule has 0 unspecified atom stereocenters.